The lowest BCUT2D eigenvalue weighted by Gasteiger charge is -2.26. The van der Waals surface area contributed by atoms with Gasteiger partial charge in [-0.25, -0.2) is 0 Å². The highest BCUT2D eigenvalue weighted by molar-refractivity contribution is 6.30. The second kappa shape index (κ2) is 6.93. The Morgan fingerprint density at radius 2 is 2.24 bits per heavy atom. The van der Waals surface area contributed by atoms with Crippen LogP contribution in [0.4, 0.5) is 0 Å². The van der Waals surface area contributed by atoms with E-state index in [0.717, 1.165) is 30.6 Å². The lowest BCUT2D eigenvalue weighted by Crippen LogP contribution is -2.29. The van der Waals surface area contributed by atoms with Crippen molar-refractivity contribution >= 4 is 11.6 Å². The Morgan fingerprint density at radius 1 is 1.48 bits per heavy atom. The number of nitrogens with zero attached hydrogens (tertiary/aromatic N) is 5. The van der Waals surface area contributed by atoms with Crippen molar-refractivity contribution in [3.63, 3.8) is 0 Å². The fourth-order valence-corrected chi connectivity index (χ4v) is 3.42. The third kappa shape index (κ3) is 3.37. The summed E-state index contributed by atoms with van der Waals surface area (Å²) in [5.41, 5.74) is 2.05. The monoisotopic (exact) mass is 305 g/mol. The molecule has 1 aromatic rings. The average Bonchev–Trinajstić information content (AvgIpc) is 3.00. The van der Waals surface area contributed by atoms with Crippen molar-refractivity contribution in [2.24, 2.45) is 13.0 Å². The molecule has 0 unspecified atom stereocenters. The van der Waals surface area contributed by atoms with Gasteiger partial charge in [0, 0.05) is 31.6 Å². The summed E-state index contributed by atoms with van der Waals surface area (Å²) in [4.78, 5) is 2.32. The van der Waals surface area contributed by atoms with Crippen LogP contribution < -0.4 is 0 Å². The van der Waals surface area contributed by atoms with E-state index in [1.807, 2.05) is 14.0 Å². The summed E-state index contributed by atoms with van der Waals surface area (Å²) in [6, 6.07) is 4.68. The fraction of sp³-hybridized carbons (Fsp3) is 0.667. The van der Waals surface area contributed by atoms with E-state index in [0.29, 0.717) is 24.5 Å². The number of halogens is 1. The molecule has 5 nitrogen and oxygen atoms in total. The number of likely N-dealkylation sites (tertiary alicyclic amines) is 1. The van der Waals surface area contributed by atoms with E-state index < -0.39 is 0 Å². The van der Waals surface area contributed by atoms with Gasteiger partial charge in [-0.2, -0.15) is 15.6 Å². The van der Waals surface area contributed by atoms with E-state index >= 15 is 0 Å². The molecule has 21 heavy (non-hydrogen) atoms. The Morgan fingerprint density at radius 3 is 2.81 bits per heavy atom. The molecule has 0 bridgehead atoms. The van der Waals surface area contributed by atoms with Crippen LogP contribution in [0, 0.1) is 35.5 Å². The fourth-order valence-electron chi connectivity index (χ4n) is 3.12. The van der Waals surface area contributed by atoms with Gasteiger partial charge in [0.2, 0.25) is 0 Å². The van der Waals surface area contributed by atoms with E-state index in [4.69, 9.17) is 16.9 Å². The van der Waals surface area contributed by atoms with Gasteiger partial charge in [0.25, 0.3) is 0 Å². The van der Waals surface area contributed by atoms with E-state index in [1.54, 1.807) is 4.68 Å². The number of nitriles is 2. The molecule has 0 spiro atoms. The summed E-state index contributed by atoms with van der Waals surface area (Å²) in [6.45, 7) is 3.66. The van der Waals surface area contributed by atoms with Crippen LogP contribution in [0.25, 0.3) is 0 Å². The second-order valence-electron chi connectivity index (χ2n) is 5.59. The number of aromatic nitrogens is 2. The summed E-state index contributed by atoms with van der Waals surface area (Å²) in [7, 11) is 1.85. The van der Waals surface area contributed by atoms with Crippen molar-refractivity contribution in [1.82, 2.24) is 14.7 Å². The summed E-state index contributed by atoms with van der Waals surface area (Å²) in [5, 5.41) is 23.0. The largest absolute Gasteiger partial charge is 0.295 e. The first-order valence-electron chi connectivity index (χ1n) is 7.28. The molecule has 2 heterocycles. The van der Waals surface area contributed by atoms with Crippen molar-refractivity contribution in [2.75, 3.05) is 13.1 Å². The Kier molecular flexibility index (Phi) is 5.22. The van der Waals surface area contributed by atoms with Crippen molar-refractivity contribution in [3.8, 4) is 12.1 Å². The highest BCUT2D eigenvalue weighted by Crippen LogP contribution is 2.37. The molecule has 112 valence electrons. The molecule has 0 aliphatic carbocycles. The van der Waals surface area contributed by atoms with Crippen LogP contribution in [-0.4, -0.2) is 27.8 Å². The van der Waals surface area contributed by atoms with Crippen molar-refractivity contribution in [3.05, 3.63) is 16.4 Å². The molecule has 0 amide bonds. The lowest BCUT2D eigenvalue weighted by molar-refractivity contribution is 0.230. The van der Waals surface area contributed by atoms with Crippen LogP contribution in [-0.2, 0) is 7.05 Å². The molecular weight excluding hydrogens is 286 g/mol. The van der Waals surface area contributed by atoms with Crippen LogP contribution in [0.3, 0.4) is 0 Å². The molecular formula is C15H20ClN5. The van der Waals surface area contributed by atoms with Gasteiger partial charge in [-0.05, 0) is 32.7 Å². The molecule has 1 saturated heterocycles. The van der Waals surface area contributed by atoms with Crippen LogP contribution >= 0.6 is 11.6 Å². The zero-order valence-corrected chi connectivity index (χ0v) is 13.3. The minimum atomic E-state index is -0.0963. The van der Waals surface area contributed by atoms with Gasteiger partial charge in [0.15, 0.2) is 0 Å². The maximum Gasteiger partial charge on any atom is 0.131 e. The van der Waals surface area contributed by atoms with E-state index in [-0.39, 0.29) is 12.0 Å². The molecule has 1 aromatic heterocycles. The molecule has 0 saturated carbocycles. The predicted octanol–water partition coefficient (Wildman–Crippen LogP) is 2.96. The van der Waals surface area contributed by atoms with Crippen molar-refractivity contribution in [2.45, 2.75) is 38.6 Å². The second-order valence-corrected chi connectivity index (χ2v) is 5.95. The zero-order chi connectivity index (χ0) is 15.4. The first kappa shape index (κ1) is 15.8. The summed E-state index contributed by atoms with van der Waals surface area (Å²) < 4.78 is 1.71. The lowest BCUT2D eigenvalue weighted by atomic mass is 10.0. The van der Waals surface area contributed by atoms with Gasteiger partial charge < -0.3 is 0 Å². The number of rotatable bonds is 5. The predicted molar refractivity (Wildman–Crippen MR) is 80.5 cm³/mol. The molecule has 6 heteroatoms. The molecule has 0 N–H and O–H groups in total. The van der Waals surface area contributed by atoms with Gasteiger partial charge >= 0.3 is 0 Å². The summed E-state index contributed by atoms with van der Waals surface area (Å²) in [5.74, 6) is -0.0963. The SMILES string of the molecule is Cc1nn(C)c(Cl)c1[C@H]1CCCN1C[C@H](C#N)CCC#N. The van der Waals surface area contributed by atoms with Crippen LogP contribution in [0.1, 0.15) is 43.0 Å². The van der Waals surface area contributed by atoms with Crippen LogP contribution in [0.15, 0.2) is 0 Å². The van der Waals surface area contributed by atoms with Gasteiger partial charge in [-0.1, -0.05) is 11.6 Å². The first-order valence-corrected chi connectivity index (χ1v) is 7.65. The smallest absolute Gasteiger partial charge is 0.131 e. The van der Waals surface area contributed by atoms with E-state index in [2.05, 4.69) is 22.1 Å². The molecule has 2 atom stereocenters. The third-order valence-corrected chi connectivity index (χ3v) is 4.58. The Hall–Kier alpha value is -1.56. The highest BCUT2D eigenvalue weighted by Gasteiger charge is 2.32. The number of aryl methyl sites for hydroxylation is 2. The topological polar surface area (TPSA) is 68.6 Å². The van der Waals surface area contributed by atoms with Crippen LogP contribution in [0.2, 0.25) is 5.15 Å². The van der Waals surface area contributed by atoms with Crippen LogP contribution in [0.5, 0.6) is 0 Å². The standard InChI is InChI=1S/C15H20ClN5/c1-11-14(15(16)20(2)19-11)13-6-4-8-21(13)10-12(9-18)5-3-7-17/h12-13H,3-6,8,10H2,1-2H3/t12-,13+/m0/s1. The Bertz CT molecular complexity index is 580. The highest BCUT2D eigenvalue weighted by atomic mass is 35.5. The van der Waals surface area contributed by atoms with Crippen molar-refractivity contribution < 1.29 is 0 Å². The van der Waals surface area contributed by atoms with Gasteiger partial charge in [-0.15, -0.1) is 0 Å². The normalized spacial score (nSPS) is 20.1. The maximum absolute atomic E-state index is 9.25. The molecule has 1 aliphatic heterocycles. The van der Waals surface area contributed by atoms with Gasteiger partial charge in [-0.3, -0.25) is 9.58 Å². The average molecular weight is 306 g/mol. The molecule has 2 rings (SSSR count). The molecule has 1 fully saturated rings. The molecule has 0 aromatic carbocycles. The van der Waals surface area contributed by atoms with Gasteiger partial charge in [0.1, 0.15) is 5.15 Å². The quantitative estimate of drug-likeness (QED) is 0.838. The van der Waals surface area contributed by atoms with E-state index in [9.17, 15) is 5.26 Å². The number of hydrogen-bond donors (Lipinski definition) is 0. The summed E-state index contributed by atoms with van der Waals surface area (Å²) >= 11 is 6.38. The van der Waals surface area contributed by atoms with E-state index in [1.165, 1.54) is 0 Å². The number of hydrogen-bond acceptors (Lipinski definition) is 4. The van der Waals surface area contributed by atoms with Gasteiger partial charge in [0.05, 0.1) is 23.8 Å². The van der Waals surface area contributed by atoms with Crippen molar-refractivity contribution in [1.29, 1.82) is 10.5 Å². The summed E-state index contributed by atoms with van der Waals surface area (Å²) in [6.07, 6.45) is 3.22. The third-order valence-electron chi connectivity index (χ3n) is 4.14. The Balaban J connectivity index is 2.14. The molecule has 1 aliphatic rings. The Labute approximate surface area is 130 Å². The minimum Gasteiger partial charge on any atom is -0.295 e. The first-order chi connectivity index (χ1) is 10.1. The minimum absolute atomic E-state index is 0.0963. The molecule has 0 radical (unpaired) electrons. The zero-order valence-electron chi connectivity index (χ0n) is 12.5. The maximum atomic E-state index is 9.25.